The largest absolute Gasteiger partial charge is 0.462 e. The molecule has 1 aromatic carbocycles. The van der Waals surface area contributed by atoms with Crippen molar-refractivity contribution in [3.05, 3.63) is 30.1 Å². The Hall–Kier alpha value is -1.89. The summed E-state index contributed by atoms with van der Waals surface area (Å²) in [6, 6.07) is 6.15. The molecular formula is C13H11FN2O3S. The molecule has 104 valence electrons. The minimum Gasteiger partial charge on any atom is -0.462 e. The molecule has 0 spiro atoms. The summed E-state index contributed by atoms with van der Waals surface area (Å²) in [4.78, 5) is 11.5. The maximum absolute atomic E-state index is 13.6. The third kappa shape index (κ3) is 2.53. The number of cyclic esters (lactones) is 1. The number of halogens is 1. The molecule has 1 aromatic heterocycles. The van der Waals surface area contributed by atoms with Gasteiger partial charge in [-0.05, 0) is 30.8 Å². The lowest BCUT2D eigenvalue weighted by atomic mass is 10.2. The van der Waals surface area contributed by atoms with Crippen molar-refractivity contribution in [3.8, 4) is 11.5 Å². The fraction of sp³-hybridized carbons (Fsp3) is 0.308. The van der Waals surface area contributed by atoms with E-state index in [1.165, 1.54) is 6.07 Å². The summed E-state index contributed by atoms with van der Waals surface area (Å²) in [5.74, 6) is -0.611. The van der Waals surface area contributed by atoms with Gasteiger partial charge in [-0.1, -0.05) is 12.1 Å². The van der Waals surface area contributed by atoms with Crippen LogP contribution in [0.3, 0.4) is 0 Å². The topological polar surface area (TPSA) is 65.2 Å². The summed E-state index contributed by atoms with van der Waals surface area (Å²) >= 11 is 1.15. The molecule has 3 rings (SSSR count). The van der Waals surface area contributed by atoms with Crippen LogP contribution in [0.15, 0.2) is 33.9 Å². The van der Waals surface area contributed by atoms with E-state index in [9.17, 15) is 9.18 Å². The van der Waals surface area contributed by atoms with Gasteiger partial charge < -0.3 is 9.15 Å². The first kappa shape index (κ1) is 13.1. The number of thioether (sulfide) groups is 1. The van der Waals surface area contributed by atoms with Gasteiger partial charge in [0.05, 0.1) is 5.56 Å². The lowest BCUT2D eigenvalue weighted by Gasteiger charge is -1.99. The van der Waals surface area contributed by atoms with E-state index in [2.05, 4.69) is 10.2 Å². The Morgan fingerprint density at radius 1 is 1.35 bits per heavy atom. The average Bonchev–Trinajstić information content (AvgIpc) is 2.98. The molecule has 0 N–H and O–H groups in total. The summed E-state index contributed by atoms with van der Waals surface area (Å²) in [6.07, 6.45) is 0.495. The van der Waals surface area contributed by atoms with Gasteiger partial charge in [0.1, 0.15) is 17.2 Å². The lowest BCUT2D eigenvalue weighted by Crippen LogP contribution is -2.09. The number of nitrogens with zero attached hydrogens (tertiary/aromatic N) is 2. The second kappa shape index (κ2) is 5.24. The van der Waals surface area contributed by atoms with E-state index in [-0.39, 0.29) is 34.0 Å². The van der Waals surface area contributed by atoms with Gasteiger partial charge in [-0.15, -0.1) is 10.2 Å². The third-order valence-corrected chi connectivity index (χ3v) is 3.92. The Morgan fingerprint density at radius 3 is 2.85 bits per heavy atom. The number of benzene rings is 1. The normalized spacial score (nSPS) is 22.0. The molecule has 0 bridgehead atoms. The Morgan fingerprint density at radius 2 is 2.15 bits per heavy atom. The highest BCUT2D eigenvalue weighted by atomic mass is 32.2. The Kier molecular flexibility index (Phi) is 3.43. The standard InChI is InChI=1S/C13H11FN2O3S/c1-7-6-10(12(17)18-7)20-13-16-15-11(19-13)8-4-2-3-5-9(8)14/h2-5,7,10H,6H2,1H3/t7-,10-/m0/s1. The van der Waals surface area contributed by atoms with Crippen LogP contribution >= 0.6 is 11.8 Å². The second-order valence-corrected chi connectivity index (χ2v) is 5.60. The molecule has 2 atom stereocenters. The van der Waals surface area contributed by atoms with Gasteiger partial charge >= 0.3 is 5.97 Å². The molecule has 0 saturated carbocycles. The van der Waals surface area contributed by atoms with Gasteiger partial charge in [0, 0.05) is 6.42 Å². The van der Waals surface area contributed by atoms with E-state index in [1.807, 2.05) is 6.92 Å². The molecule has 1 aliphatic rings. The average molecular weight is 294 g/mol. The Balaban J connectivity index is 1.78. The van der Waals surface area contributed by atoms with Gasteiger partial charge in [0.25, 0.3) is 11.1 Å². The van der Waals surface area contributed by atoms with Gasteiger partial charge in [0.15, 0.2) is 0 Å². The molecule has 20 heavy (non-hydrogen) atoms. The maximum Gasteiger partial charge on any atom is 0.320 e. The summed E-state index contributed by atoms with van der Waals surface area (Å²) in [6.45, 7) is 1.83. The van der Waals surface area contributed by atoms with Crippen molar-refractivity contribution in [2.75, 3.05) is 0 Å². The molecule has 5 nitrogen and oxygen atoms in total. The first-order valence-corrected chi connectivity index (χ1v) is 6.97. The number of rotatable bonds is 3. The lowest BCUT2D eigenvalue weighted by molar-refractivity contribution is -0.140. The zero-order valence-corrected chi connectivity index (χ0v) is 11.4. The minimum atomic E-state index is -0.429. The van der Waals surface area contributed by atoms with Crippen molar-refractivity contribution in [2.24, 2.45) is 0 Å². The molecule has 0 aliphatic carbocycles. The number of carbonyl (C=O) groups excluding carboxylic acids is 1. The fourth-order valence-corrected chi connectivity index (χ4v) is 2.92. The number of ether oxygens (including phenoxy) is 1. The van der Waals surface area contributed by atoms with Crippen LogP contribution in [0, 0.1) is 5.82 Å². The van der Waals surface area contributed by atoms with Crippen LogP contribution in [0.5, 0.6) is 0 Å². The number of hydrogen-bond donors (Lipinski definition) is 0. The van der Waals surface area contributed by atoms with Crippen molar-refractivity contribution >= 4 is 17.7 Å². The highest BCUT2D eigenvalue weighted by Gasteiger charge is 2.34. The smallest absolute Gasteiger partial charge is 0.320 e. The van der Waals surface area contributed by atoms with Crippen LogP contribution in [0.1, 0.15) is 13.3 Å². The van der Waals surface area contributed by atoms with Crippen molar-refractivity contribution in [1.29, 1.82) is 0 Å². The highest BCUT2D eigenvalue weighted by Crippen LogP contribution is 2.33. The number of aromatic nitrogens is 2. The molecular weight excluding hydrogens is 283 g/mol. The van der Waals surface area contributed by atoms with Crippen LogP contribution in [0.25, 0.3) is 11.5 Å². The zero-order valence-electron chi connectivity index (χ0n) is 10.6. The van der Waals surface area contributed by atoms with E-state index >= 15 is 0 Å². The highest BCUT2D eigenvalue weighted by molar-refractivity contribution is 8.00. The first-order valence-electron chi connectivity index (χ1n) is 6.09. The molecule has 2 aromatic rings. The summed E-state index contributed by atoms with van der Waals surface area (Å²) < 4.78 is 24.0. The van der Waals surface area contributed by atoms with Gasteiger partial charge in [-0.3, -0.25) is 4.79 Å². The minimum absolute atomic E-state index is 0.102. The van der Waals surface area contributed by atoms with Crippen molar-refractivity contribution in [2.45, 2.75) is 29.9 Å². The number of esters is 1. The molecule has 1 saturated heterocycles. The predicted molar refractivity (Wildman–Crippen MR) is 69.5 cm³/mol. The van der Waals surface area contributed by atoms with Crippen molar-refractivity contribution in [1.82, 2.24) is 10.2 Å². The fourth-order valence-electron chi connectivity index (χ4n) is 1.94. The first-order chi connectivity index (χ1) is 9.63. The third-order valence-electron chi connectivity index (χ3n) is 2.88. The summed E-state index contributed by atoms with van der Waals surface area (Å²) in [5, 5.41) is 7.52. The van der Waals surface area contributed by atoms with Gasteiger partial charge in [0.2, 0.25) is 0 Å². The molecule has 7 heteroatoms. The van der Waals surface area contributed by atoms with Crippen molar-refractivity contribution < 1.29 is 18.3 Å². The van der Waals surface area contributed by atoms with E-state index in [0.29, 0.717) is 6.42 Å². The molecule has 1 fully saturated rings. The van der Waals surface area contributed by atoms with Crippen LogP contribution < -0.4 is 0 Å². The molecule has 0 amide bonds. The quantitative estimate of drug-likeness (QED) is 0.811. The van der Waals surface area contributed by atoms with E-state index in [4.69, 9.17) is 9.15 Å². The number of carbonyl (C=O) groups is 1. The zero-order chi connectivity index (χ0) is 14.1. The predicted octanol–water partition coefficient (Wildman–Crippen LogP) is 2.67. The maximum atomic E-state index is 13.6. The Labute approximate surface area is 118 Å². The molecule has 2 heterocycles. The molecule has 0 unspecified atom stereocenters. The number of hydrogen-bond acceptors (Lipinski definition) is 6. The second-order valence-electron chi connectivity index (χ2n) is 4.44. The van der Waals surface area contributed by atoms with Crippen LogP contribution in [-0.4, -0.2) is 27.5 Å². The molecule has 1 aliphatic heterocycles. The van der Waals surface area contributed by atoms with Gasteiger partial charge in [-0.25, -0.2) is 4.39 Å². The van der Waals surface area contributed by atoms with E-state index in [1.54, 1.807) is 18.2 Å². The molecule has 0 radical (unpaired) electrons. The van der Waals surface area contributed by atoms with E-state index in [0.717, 1.165) is 11.8 Å². The van der Waals surface area contributed by atoms with Crippen LogP contribution in [0.2, 0.25) is 0 Å². The van der Waals surface area contributed by atoms with E-state index < -0.39 is 5.82 Å². The SMILES string of the molecule is C[C@H]1C[C@H](Sc2nnc(-c3ccccc3F)o2)C(=O)O1. The van der Waals surface area contributed by atoms with Gasteiger partial charge in [-0.2, -0.15) is 0 Å². The van der Waals surface area contributed by atoms with Crippen LogP contribution in [-0.2, 0) is 9.53 Å². The van der Waals surface area contributed by atoms with Crippen molar-refractivity contribution in [3.63, 3.8) is 0 Å². The monoisotopic (exact) mass is 294 g/mol. The van der Waals surface area contributed by atoms with Crippen LogP contribution in [0.4, 0.5) is 4.39 Å². The summed E-state index contributed by atoms with van der Waals surface area (Å²) in [7, 11) is 0. The summed E-state index contributed by atoms with van der Waals surface area (Å²) in [5.41, 5.74) is 0.245. The Bertz CT molecular complexity index is 646.